The molecule has 1 fully saturated rings. The fraction of sp³-hybridized carbons (Fsp3) is 0.500. The van der Waals surface area contributed by atoms with E-state index in [1.807, 2.05) is 7.05 Å². The molecule has 0 atom stereocenters. The number of anilines is 1. The Morgan fingerprint density at radius 2 is 2.16 bits per heavy atom. The molecule has 1 amide bonds. The van der Waals surface area contributed by atoms with Crippen LogP contribution in [-0.2, 0) is 4.74 Å². The lowest BCUT2D eigenvalue weighted by atomic mass is 9.99. The number of amides is 1. The first-order chi connectivity index (χ1) is 9.08. The monoisotopic (exact) mass is 282 g/mol. The normalized spacial score (nSPS) is 16.3. The van der Waals surface area contributed by atoms with E-state index in [-0.39, 0.29) is 5.91 Å². The summed E-state index contributed by atoms with van der Waals surface area (Å²) in [5, 5.41) is 0.422. The van der Waals surface area contributed by atoms with Gasteiger partial charge in [-0.1, -0.05) is 11.6 Å². The van der Waals surface area contributed by atoms with Gasteiger partial charge in [0.2, 0.25) is 0 Å². The number of benzene rings is 1. The topological polar surface area (TPSA) is 55.6 Å². The SMILES string of the molecule is CN(CC1CCOCC1)C(=O)c1ccc(N)c(Cl)c1. The summed E-state index contributed by atoms with van der Waals surface area (Å²) in [5.74, 6) is 0.500. The van der Waals surface area contributed by atoms with Crippen LogP contribution in [0.25, 0.3) is 0 Å². The number of hydrogen-bond acceptors (Lipinski definition) is 3. The van der Waals surface area contributed by atoms with Crippen molar-refractivity contribution in [1.29, 1.82) is 0 Å². The van der Waals surface area contributed by atoms with E-state index in [4.69, 9.17) is 22.1 Å². The Kier molecular flexibility index (Phi) is 4.66. The molecule has 2 rings (SSSR count). The molecule has 0 bridgehead atoms. The van der Waals surface area contributed by atoms with E-state index in [0.29, 0.717) is 22.2 Å². The van der Waals surface area contributed by atoms with Crippen molar-refractivity contribution in [3.05, 3.63) is 28.8 Å². The third-order valence-electron chi connectivity index (χ3n) is 3.47. The van der Waals surface area contributed by atoms with Gasteiger partial charge in [-0.05, 0) is 37.0 Å². The average molecular weight is 283 g/mol. The van der Waals surface area contributed by atoms with E-state index < -0.39 is 0 Å². The predicted molar refractivity (Wildman–Crippen MR) is 76.4 cm³/mol. The number of hydrogen-bond donors (Lipinski definition) is 1. The second kappa shape index (κ2) is 6.26. The van der Waals surface area contributed by atoms with Gasteiger partial charge < -0.3 is 15.4 Å². The second-order valence-electron chi connectivity index (χ2n) is 4.98. The Bertz CT molecular complexity index is 459. The molecule has 1 heterocycles. The highest BCUT2D eigenvalue weighted by Gasteiger charge is 2.19. The first-order valence-electron chi connectivity index (χ1n) is 6.46. The van der Waals surface area contributed by atoms with Gasteiger partial charge in [0.15, 0.2) is 0 Å². The molecule has 1 saturated heterocycles. The average Bonchev–Trinajstić information content (AvgIpc) is 2.42. The van der Waals surface area contributed by atoms with E-state index in [2.05, 4.69) is 0 Å². The number of carbonyl (C=O) groups excluding carboxylic acids is 1. The van der Waals surface area contributed by atoms with Crippen LogP contribution in [0, 0.1) is 5.92 Å². The van der Waals surface area contributed by atoms with Gasteiger partial charge in [0.1, 0.15) is 0 Å². The maximum Gasteiger partial charge on any atom is 0.253 e. The second-order valence-corrected chi connectivity index (χ2v) is 5.38. The van der Waals surface area contributed by atoms with Crippen LogP contribution in [0.3, 0.4) is 0 Å². The van der Waals surface area contributed by atoms with E-state index >= 15 is 0 Å². The molecule has 0 radical (unpaired) electrons. The van der Waals surface area contributed by atoms with Crippen molar-refractivity contribution in [3.8, 4) is 0 Å². The van der Waals surface area contributed by atoms with Crippen LogP contribution in [0.4, 0.5) is 5.69 Å². The van der Waals surface area contributed by atoms with Gasteiger partial charge in [0, 0.05) is 32.4 Å². The molecule has 19 heavy (non-hydrogen) atoms. The molecule has 0 unspecified atom stereocenters. The molecular weight excluding hydrogens is 264 g/mol. The third kappa shape index (κ3) is 3.61. The molecule has 0 saturated carbocycles. The lowest BCUT2D eigenvalue weighted by Gasteiger charge is -2.27. The van der Waals surface area contributed by atoms with Crippen molar-refractivity contribution < 1.29 is 9.53 Å². The zero-order valence-electron chi connectivity index (χ0n) is 11.1. The first kappa shape index (κ1) is 14.2. The smallest absolute Gasteiger partial charge is 0.253 e. The molecule has 2 N–H and O–H groups in total. The molecule has 4 nitrogen and oxygen atoms in total. The van der Waals surface area contributed by atoms with Crippen molar-refractivity contribution in [2.24, 2.45) is 5.92 Å². The minimum atomic E-state index is -0.0200. The van der Waals surface area contributed by atoms with Crippen molar-refractivity contribution >= 4 is 23.2 Å². The fourth-order valence-electron chi connectivity index (χ4n) is 2.28. The maximum atomic E-state index is 12.3. The van der Waals surface area contributed by atoms with Gasteiger partial charge >= 0.3 is 0 Å². The number of rotatable bonds is 3. The third-order valence-corrected chi connectivity index (χ3v) is 3.79. The van der Waals surface area contributed by atoms with E-state index in [9.17, 15) is 4.79 Å². The van der Waals surface area contributed by atoms with Crippen molar-refractivity contribution in [2.45, 2.75) is 12.8 Å². The summed E-state index contributed by atoms with van der Waals surface area (Å²) in [6.45, 7) is 2.34. The summed E-state index contributed by atoms with van der Waals surface area (Å²) in [4.78, 5) is 14.0. The standard InChI is InChI=1S/C14H19ClN2O2/c1-17(9-10-4-6-19-7-5-10)14(18)11-2-3-13(16)12(15)8-11/h2-3,8,10H,4-7,9,16H2,1H3. The van der Waals surface area contributed by atoms with Gasteiger partial charge in [-0.25, -0.2) is 0 Å². The Hall–Kier alpha value is -1.26. The molecule has 1 aliphatic heterocycles. The molecule has 5 heteroatoms. The summed E-state index contributed by atoms with van der Waals surface area (Å²) in [6, 6.07) is 5.00. The van der Waals surface area contributed by atoms with Crippen LogP contribution in [0.5, 0.6) is 0 Å². The van der Waals surface area contributed by atoms with Crippen molar-refractivity contribution in [1.82, 2.24) is 4.90 Å². The molecule has 0 aromatic heterocycles. The molecule has 1 aromatic carbocycles. The predicted octanol–water partition coefficient (Wildman–Crippen LogP) is 2.42. The van der Waals surface area contributed by atoms with Gasteiger partial charge in [0.05, 0.1) is 10.7 Å². The number of ether oxygens (including phenoxy) is 1. The van der Waals surface area contributed by atoms with Crippen molar-refractivity contribution in [3.63, 3.8) is 0 Å². The quantitative estimate of drug-likeness (QED) is 0.866. The van der Waals surface area contributed by atoms with Crippen LogP contribution in [-0.4, -0.2) is 37.6 Å². The van der Waals surface area contributed by atoms with Crippen LogP contribution in [0.2, 0.25) is 5.02 Å². The largest absolute Gasteiger partial charge is 0.398 e. The van der Waals surface area contributed by atoms with E-state index in [0.717, 1.165) is 32.6 Å². The number of carbonyl (C=O) groups is 1. The van der Waals surface area contributed by atoms with Gasteiger partial charge in [0.25, 0.3) is 5.91 Å². The molecule has 1 aromatic rings. The zero-order valence-corrected chi connectivity index (χ0v) is 11.8. The number of halogens is 1. The summed E-state index contributed by atoms with van der Waals surface area (Å²) in [7, 11) is 1.82. The summed E-state index contributed by atoms with van der Waals surface area (Å²) in [5.41, 5.74) is 6.71. The van der Waals surface area contributed by atoms with Gasteiger partial charge in [-0.15, -0.1) is 0 Å². The van der Waals surface area contributed by atoms with Gasteiger partial charge in [-0.2, -0.15) is 0 Å². The number of nitrogen functional groups attached to an aromatic ring is 1. The fourth-order valence-corrected chi connectivity index (χ4v) is 2.46. The highest BCUT2D eigenvalue weighted by atomic mass is 35.5. The molecular formula is C14H19ClN2O2. The van der Waals surface area contributed by atoms with Crippen molar-refractivity contribution in [2.75, 3.05) is 32.5 Å². The highest BCUT2D eigenvalue weighted by molar-refractivity contribution is 6.33. The van der Waals surface area contributed by atoms with Gasteiger partial charge in [-0.3, -0.25) is 4.79 Å². The minimum Gasteiger partial charge on any atom is -0.398 e. The maximum absolute atomic E-state index is 12.3. The zero-order chi connectivity index (χ0) is 13.8. The lowest BCUT2D eigenvalue weighted by Crippen LogP contribution is -2.34. The van der Waals surface area contributed by atoms with Crippen LogP contribution in [0.15, 0.2) is 18.2 Å². The molecule has 1 aliphatic rings. The summed E-state index contributed by atoms with van der Waals surface area (Å²) in [6.07, 6.45) is 2.03. The molecule has 0 spiro atoms. The van der Waals surface area contributed by atoms with E-state index in [1.54, 1.807) is 23.1 Å². The Morgan fingerprint density at radius 1 is 1.47 bits per heavy atom. The Balaban J connectivity index is 1.99. The van der Waals surface area contributed by atoms with Crippen LogP contribution >= 0.6 is 11.6 Å². The number of nitrogens with zero attached hydrogens (tertiary/aromatic N) is 1. The highest BCUT2D eigenvalue weighted by Crippen LogP contribution is 2.21. The lowest BCUT2D eigenvalue weighted by molar-refractivity contribution is 0.0497. The summed E-state index contributed by atoms with van der Waals surface area (Å²) < 4.78 is 5.32. The summed E-state index contributed by atoms with van der Waals surface area (Å²) >= 11 is 5.94. The first-order valence-corrected chi connectivity index (χ1v) is 6.84. The van der Waals surface area contributed by atoms with Crippen LogP contribution in [0.1, 0.15) is 23.2 Å². The van der Waals surface area contributed by atoms with Crippen LogP contribution < -0.4 is 5.73 Å². The Morgan fingerprint density at radius 3 is 2.79 bits per heavy atom. The van der Waals surface area contributed by atoms with E-state index in [1.165, 1.54) is 0 Å². The molecule has 104 valence electrons. The number of nitrogens with two attached hydrogens (primary N) is 1. The molecule has 0 aliphatic carbocycles. The Labute approximate surface area is 118 Å². The minimum absolute atomic E-state index is 0.0200.